The van der Waals surface area contributed by atoms with Crippen LogP contribution in [0.4, 0.5) is 0 Å². The topological polar surface area (TPSA) is 75.7 Å². The average Bonchev–Trinajstić information content (AvgIpc) is 3.30. The summed E-state index contributed by atoms with van der Waals surface area (Å²) in [6.45, 7) is 0.617. The molecule has 2 heterocycles. The number of ether oxygens (including phenoxy) is 1. The standard InChI is InChI=1S/C18H23ClN2O4S/c1-25-18(24)14-3-2-9-21(14)17(23)11-4-6-12(7-5-11)20-16(22)15-13(19)8-10-26-15/h8,10-12,14H,2-7,9H2,1H3,(H,20,22)/t11?,12?,14-/m1/s1. The molecule has 0 spiro atoms. The van der Waals surface area contributed by atoms with E-state index in [1.807, 2.05) is 0 Å². The molecular weight excluding hydrogens is 376 g/mol. The zero-order valence-electron chi connectivity index (χ0n) is 14.7. The van der Waals surface area contributed by atoms with Crippen LogP contribution in [0.1, 0.15) is 48.2 Å². The van der Waals surface area contributed by atoms with Gasteiger partial charge in [-0.1, -0.05) is 11.6 Å². The molecule has 1 aliphatic heterocycles. The van der Waals surface area contributed by atoms with Crippen LogP contribution in [0, 0.1) is 5.92 Å². The number of nitrogens with one attached hydrogen (secondary N) is 1. The Labute approximate surface area is 161 Å². The van der Waals surface area contributed by atoms with Gasteiger partial charge in [0.25, 0.3) is 5.91 Å². The monoisotopic (exact) mass is 398 g/mol. The second-order valence-electron chi connectivity index (χ2n) is 6.83. The molecule has 8 heteroatoms. The van der Waals surface area contributed by atoms with Gasteiger partial charge >= 0.3 is 5.97 Å². The fourth-order valence-electron chi connectivity index (χ4n) is 3.84. The summed E-state index contributed by atoms with van der Waals surface area (Å²) in [4.78, 5) is 39.1. The van der Waals surface area contributed by atoms with E-state index in [0.717, 1.165) is 19.3 Å². The smallest absolute Gasteiger partial charge is 0.328 e. The van der Waals surface area contributed by atoms with E-state index in [2.05, 4.69) is 5.32 Å². The van der Waals surface area contributed by atoms with Gasteiger partial charge in [0.2, 0.25) is 5.91 Å². The van der Waals surface area contributed by atoms with E-state index in [0.29, 0.717) is 35.7 Å². The molecular formula is C18H23ClN2O4S. The maximum absolute atomic E-state index is 12.8. The van der Waals surface area contributed by atoms with Crippen LogP contribution in [0.25, 0.3) is 0 Å². The van der Waals surface area contributed by atoms with Crippen molar-refractivity contribution in [2.75, 3.05) is 13.7 Å². The highest BCUT2D eigenvalue weighted by Gasteiger charge is 2.39. The number of rotatable bonds is 4. The first-order valence-electron chi connectivity index (χ1n) is 8.93. The van der Waals surface area contributed by atoms with Crippen LogP contribution in [0.2, 0.25) is 5.02 Å². The molecule has 0 aromatic carbocycles. The molecule has 1 atom stereocenters. The third-order valence-electron chi connectivity index (χ3n) is 5.24. The number of carbonyl (C=O) groups excluding carboxylic acids is 3. The summed E-state index contributed by atoms with van der Waals surface area (Å²) in [7, 11) is 1.36. The van der Waals surface area contributed by atoms with Gasteiger partial charge in [0.1, 0.15) is 10.9 Å². The maximum atomic E-state index is 12.8. The highest BCUT2D eigenvalue weighted by atomic mass is 35.5. The quantitative estimate of drug-likeness (QED) is 0.791. The van der Waals surface area contributed by atoms with Crippen LogP contribution < -0.4 is 5.32 Å². The highest BCUT2D eigenvalue weighted by molar-refractivity contribution is 7.12. The minimum absolute atomic E-state index is 0.0453. The lowest BCUT2D eigenvalue weighted by Crippen LogP contribution is -2.46. The molecule has 0 bridgehead atoms. The van der Waals surface area contributed by atoms with E-state index < -0.39 is 6.04 Å². The van der Waals surface area contributed by atoms with E-state index in [4.69, 9.17) is 16.3 Å². The summed E-state index contributed by atoms with van der Waals surface area (Å²) in [5.41, 5.74) is 0. The predicted molar refractivity (Wildman–Crippen MR) is 99.3 cm³/mol. The summed E-state index contributed by atoms with van der Waals surface area (Å²) in [6, 6.07) is 1.33. The Balaban J connectivity index is 1.52. The number of thiophene rings is 1. The summed E-state index contributed by atoms with van der Waals surface area (Å²) < 4.78 is 4.82. The number of nitrogens with zero attached hydrogens (tertiary/aromatic N) is 1. The van der Waals surface area contributed by atoms with Gasteiger partial charge in [-0.3, -0.25) is 9.59 Å². The largest absolute Gasteiger partial charge is 0.467 e. The molecule has 1 aliphatic carbocycles. The fourth-order valence-corrected chi connectivity index (χ4v) is 4.88. The van der Waals surface area contributed by atoms with Gasteiger partial charge in [-0.15, -0.1) is 11.3 Å². The summed E-state index contributed by atoms with van der Waals surface area (Å²) in [5.74, 6) is -0.516. The number of halogens is 1. The Morgan fingerprint density at radius 3 is 2.58 bits per heavy atom. The first-order chi connectivity index (χ1) is 12.5. The molecule has 0 unspecified atom stereocenters. The molecule has 2 fully saturated rings. The van der Waals surface area contributed by atoms with E-state index in [-0.39, 0.29) is 29.7 Å². The van der Waals surface area contributed by atoms with Crippen LogP contribution in [0.15, 0.2) is 11.4 Å². The van der Waals surface area contributed by atoms with Crippen molar-refractivity contribution < 1.29 is 19.1 Å². The third kappa shape index (κ3) is 4.04. The van der Waals surface area contributed by atoms with Crippen LogP contribution in [0.5, 0.6) is 0 Å². The molecule has 1 saturated heterocycles. The van der Waals surface area contributed by atoms with Crippen molar-refractivity contribution in [2.45, 2.75) is 50.6 Å². The average molecular weight is 399 g/mol. The van der Waals surface area contributed by atoms with Gasteiger partial charge in [-0.05, 0) is 50.0 Å². The number of hydrogen-bond donors (Lipinski definition) is 1. The molecule has 3 rings (SSSR count). The number of carbonyl (C=O) groups is 3. The molecule has 0 radical (unpaired) electrons. The first-order valence-corrected chi connectivity index (χ1v) is 10.2. The number of hydrogen-bond acceptors (Lipinski definition) is 5. The second-order valence-corrected chi connectivity index (χ2v) is 8.16. The van der Waals surface area contributed by atoms with E-state index in [9.17, 15) is 14.4 Å². The molecule has 1 saturated carbocycles. The molecule has 2 amide bonds. The summed E-state index contributed by atoms with van der Waals surface area (Å²) >= 11 is 7.33. The van der Waals surface area contributed by atoms with Gasteiger partial charge < -0.3 is 15.0 Å². The fraction of sp³-hybridized carbons (Fsp3) is 0.611. The Morgan fingerprint density at radius 2 is 1.96 bits per heavy atom. The normalized spacial score (nSPS) is 25.8. The van der Waals surface area contributed by atoms with Gasteiger partial charge in [-0.2, -0.15) is 0 Å². The summed E-state index contributed by atoms with van der Waals surface area (Å²) in [6.07, 6.45) is 4.44. The number of likely N-dealkylation sites (tertiary alicyclic amines) is 1. The van der Waals surface area contributed by atoms with E-state index in [1.165, 1.54) is 18.4 Å². The minimum atomic E-state index is -0.439. The van der Waals surface area contributed by atoms with E-state index >= 15 is 0 Å². The summed E-state index contributed by atoms with van der Waals surface area (Å²) in [5, 5.41) is 5.28. The minimum Gasteiger partial charge on any atom is -0.467 e. The van der Waals surface area contributed by atoms with Gasteiger partial charge in [0.05, 0.1) is 12.1 Å². The van der Waals surface area contributed by atoms with Gasteiger partial charge in [0, 0.05) is 18.5 Å². The van der Waals surface area contributed by atoms with Crippen molar-refractivity contribution in [1.82, 2.24) is 10.2 Å². The van der Waals surface area contributed by atoms with Crippen molar-refractivity contribution >= 4 is 40.7 Å². The van der Waals surface area contributed by atoms with E-state index in [1.54, 1.807) is 16.3 Å². The number of esters is 1. The Hall–Kier alpha value is -1.60. The zero-order valence-corrected chi connectivity index (χ0v) is 16.3. The molecule has 1 N–H and O–H groups in total. The Morgan fingerprint density at radius 1 is 1.23 bits per heavy atom. The number of amides is 2. The molecule has 1 aromatic rings. The van der Waals surface area contributed by atoms with Crippen molar-refractivity contribution in [3.8, 4) is 0 Å². The molecule has 1 aromatic heterocycles. The van der Waals surface area contributed by atoms with Crippen LogP contribution in [0.3, 0.4) is 0 Å². The van der Waals surface area contributed by atoms with Gasteiger partial charge in [-0.25, -0.2) is 4.79 Å². The lowest BCUT2D eigenvalue weighted by atomic mass is 9.85. The zero-order chi connectivity index (χ0) is 18.7. The third-order valence-corrected chi connectivity index (χ3v) is 6.58. The SMILES string of the molecule is COC(=O)[C@H]1CCCN1C(=O)C1CCC(NC(=O)c2sccc2Cl)CC1. The molecule has 2 aliphatic rings. The van der Waals surface area contributed by atoms with Crippen LogP contribution in [-0.4, -0.2) is 48.4 Å². The van der Waals surface area contributed by atoms with Crippen molar-refractivity contribution in [2.24, 2.45) is 5.92 Å². The number of methoxy groups -OCH3 is 1. The van der Waals surface area contributed by atoms with Crippen molar-refractivity contribution in [3.63, 3.8) is 0 Å². The first kappa shape index (κ1) is 19.2. The van der Waals surface area contributed by atoms with Crippen molar-refractivity contribution in [1.29, 1.82) is 0 Å². The lowest BCUT2D eigenvalue weighted by Gasteiger charge is -2.32. The molecule has 142 valence electrons. The predicted octanol–water partition coefficient (Wildman–Crippen LogP) is 2.85. The lowest BCUT2D eigenvalue weighted by molar-refractivity contribution is -0.152. The maximum Gasteiger partial charge on any atom is 0.328 e. The Bertz CT molecular complexity index is 684. The highest BCUT2D eigenvalue weighted by Crippen LogP contribution is 2.30. The second kappa shape index (κ2) is 8.39. The Kier molecular flexibility index (Phi) is 6.19. The van der Waals surface area contributed by atoms with Crippen LogP contribution in [-0.2, 0) is 14.3 Å². The van der Waals surface area contributed by atoms with Crippen molar-refractivity contribution in [3.05, 3.63) is 21.3 Å². The van der Waals surface area contributed by atoms with Gasteiger partial charge in [0.15, 0.2) is 0 Å². The molecule has 6 nitrogen and oxygen atoms in total. The van der Waals surface area contributed by atoms with Crippen LogP contribution >= 0.6 is 22.9 Å². The molecule has 26 heavy (non-hydrogen) atoms.